The number of carbonyl (C=O) groups is 1. The van der Waals surface area contributed by atoms with Crippen molar-refractivity contribution in [3.8, 4) is 0 Å². The zero-order valence-electron chi connectivity index (χ0n) is 13.9. The summed E-state index contributed by atoms with van der Waals surface area (Å²) in [4.78, 5) is 18.2. The second kappa shape index (κ2) is 5.28. The molecule has 1 atom stereocenters. The van der Waals surface area contributed by atoms with Gasteiger partial charge in [0.1, 0.15) is 5.60 Å². The van der Waals surface area contributed by atoms with Gasteiger partial charge >= 0.3 is 0 Å². The van der Waals surface area contributed by atoms with Gasteiger partial charge in [-0.05, 0) is 40.5 Å². The van der Waals surface area contributed by atoms with E-state index in [1.54, 1.807) is 4.90 Å². The maximum absolute atomic E-state index is 12.1. The Kier molecular flexibility index (Phi) is 3.32. The van der Waals surface area contributed by atoms with E-state index in [9.17, 15) is 9.90 Å². The lowest BCUT2D eigenvalue weighted by Gasteiger charge is -2.27. The van der Waals surface area contributed by atoms with Gasteiger partial charge in [0.05, 0.1) is 5.70 Å². The normalized spacial score (nSPS) is 18.9. The van der Waals surface area contributed by atoms with E-state index in [-0.39, 0.29) is 5.91 Å². The van der Waals surface area contributed by atoms with Crippen molar-refractivity contribution in [1.29, 1.82) is 0 Å². The Morgan fingerprint density at radius 1 is 1.29 bits per heavy atom. The van der Waals surface area contributed by atoms with Crippen molar-refractivity contribution in [3.63, 3.8) is 0 Å². The SMILES string of the molecule is CCC(O)(C1=CCC=N1)c1ccc2c3c(ccc2c1)C(=O)N(C)C3. The van der Waals surface area contributed by atoms with Gasteiger partial charge in [0.25, 0.3) is 5.91 Å². The molecule has 2 aliphatic heterocycles. The van der Waals surface area contributed by atoms with Crippen LogP contribution in [0, 0.1) is 0 Å². The molecule has 0 saturated heterocycles. The molecule has 4 rings (SSSR count). The fourth-order valence-electron chi connectivity index (χ4n) is 3.71. The molecule has 2 aromatic carbocycles. The summed E-state index contributed by atoms with van der Waals surface area (Å²) in [5, 5.41) is 13.3. The van der Waals surface area contributed by atoms with Gasteiger partial charge in [-0.25, -0.2) is 0 Å². The molecule has 2 aliphatic rings. The van der Waals surface area contributed by atoms with E-state index >= 15 is 0 Å². The summed E-state index contributed by atoms with van der Waals surface area (Å²) in [7, 11) is 1.82. The molecule has 1 amide bonds. The molecular weight excluding hydrogens is 300 g/mol. The Morgan fingerprint density at radius 2 is 2.12 bits per heavy atom. The fraction of sp³-hybridized carbons (Fsp3) is 0.300. The number of benzene rings is 2. The predicted molar refractivity (Wildman–Crippen MR) is 95.1 cm³/mol. The number of hydrogen-bond donors (Lipinski definition) is 1. The van der Waals surface area contributed by atoms with Crippen LogP contribution in [0.15, 0.2) is 47.1 Å². The third-order valence-corrected chi connectivity index (χ3v) is 5.16. The lowest BCUT2D eigenvalue weighted by Crippen LogP contribution is -2.26. The molecule has 1 N–H and O–H groups in total. The van der Waals surface area contributed by atoms with Crippen LogP contribution in [0.4, 0.5) is 0 Å². The summed E-state index contributed by atoms with van der Waals surface area (Å²) in [6, 6.07) is 9.87. The van der Waals surface area contributed by atoms with Crippen molar-refractivity contribution >= 4 is 22.9 Å². The van der Waals surface area contributed by atoms with Gasteiger partial charge < -0.3 is 10.0 Å². The Bertz CT molecular complexity index is 913. The van der Waals surface area contributed by atoms with Gasteiger partial charge in [0.15, 0.2) is 0 Å². The molecule has 24 heavy (non-hydrogen) atoms. The van der Waals surface area contributed by atoms with Crippen molar-refractivity contribution in [2.24, 2.45) is 4.99 Å². The molecule has 4 heteroatoms. The molecule has 2 heterocycles. The average Bonchev–Trinajstić information content (AvgIpc) is 3.23. The smallest absolute Gasteiger partial charge is 0.254 e. The average molecular weight is 320 g/mol. The standard InChI is InChI=1S/C20H20N2O2/c1-3-20(24,18-5-4-10-21-18)14-7-9-15-13(11-14)6-8-16-17(15)12-22(2)19(16)23/h5-11,24H,3-4,12H2,1-2H3. The van der Waals surface area contributed by atoms with Crippen molar-refractivity contribution < 1.29 is 9.90 Å². The van der Waals surface area contributed by atoms with Gasteiger partial charge in [-0.3, -0.25) is 9.79 Å². The second-order valence-electron chi connectivity index (χ2n) is 6.54. The fourth-order valence-corrected chi connectivity index (χ4v) is 3.71. The first kappa shape index (κ1) is 15.1. The number of aliphatic imine (C=N–C) groups is 1. The van der Waals surface area contributed by atoms with Crippen LogP contribution in [0.25, 0.3) is 10.8 Å². The molecule has 4 nitrogen and oxygen atoms in total. The highest BCUT2D eigenvalue weighted by Crippen LogP contribution is 2.38. The van der Waals surface area contributed by atoms with Crippen LogP contribution in [0.3, 0.4) is 0 Å². The first-order chi connectivity index (χ1) is 11.5. The summed E-state index contributed by atoms with van der Waals surface area (Å²) in [6.07, 6.45) is 5.14. The van der Waals surface area contributed by atoms with E-state index in [4.69, 9.17) is 0 Å². The Morgan fingerprint density at radius 3 is 2.83 bits per heavy atom. The van der Waals surface area contributed by atoms with Crippen LogP contribution >= 0.6 is 0 Å². The Labute approximate surface area is 141 Å². The summed E-state index contributed by atoms with van der Waals surface area (Å²) >= 11 is 0. The third-order valence-electron chi connectivity index (χ3n) is 5.16. The number of amides is 1. The molecule has 0 spiro atoms. The van der Waals surface area contributed by atoms with Gasteiger partial charge in [0.2, 0.25) is 0 Å². The minimum Gasteiger partial charge on any atom is -0.379 e. The predicted octanol–water partition coefficient (Wildman–Crippen LogP) is 3.38. The highest BCUT2D eigenvalue weighted by molar-refractivity contribution is 6.04. The van der Waals surface area contributed by atoms with E-state index in [2.05, 4.69) is 4.99 Å². The summed E-state index contributed by atoms with van der Waals surface area (Å²) in [5.41, 5.74) is 2.37. The quantitative estimate of drug-likeness (QED) is 0.942. The topological polar surface area (TPSA) is 52.9 Å². The van der Waals surface area contributed by atoms with E-state index < -0.39 is 5.60 Å². The van der Waals surface area contributed by atoms with Crippen molar-refractivity contribution in [3.05, 3.63) is 58.8 Å². The third kappa shape index (κ3) is 2.03. The highest BCUT2D eigenvalue weighted by atomic mass is 16.3. The lowest BCUT2D eigenvalue weighted by atomic mass is 9.86. The van der Waals surface area contributed by atoms with Crippen LogP contribution in [-0.2, 0) is 12.1 Å². The van der Waals surface area contributed by atoms with Gasteiger partial charge in [0, 0.05) is 31.8 Å². The Balaban J connectivity index is 1.86. The van der Waals surface area contributed by atoms with Crippen LogP contribution in [0.1, 0.15) is 41.3 Å². The molecule has 0 bridgehead atoms. The maximum atomic E-state index is 12.1. The van der Waals surface area contributed by atoms with Crippen molar-refractivity contribution in [2.45, 2.75) is 31.9 Å². The van der Waals surface area contributed by atoms with Crippen LogP contribution in [0.5, 0.6) is 0 Å². The number of hydrogen-bond acceptors (Lipinski definition) is 3. The number of fused-ring (bicyclic) bond motifs is 3. The first-order valence-electron chi connectivity index (χ1n) is 8.31. The van der Waals surface area contributed by atoms with E-state index in [1.165, 1.54) is 0 Å². The van der Waals surface area contributed by atoms with Crippen LogP contribution in [0.2, 0.25) is 0 Å². The summed E-state index contributed by atoms with van der Waals surface area (Å²) in [5.74, 6) is 0.0755. The van der Waals surface area contributed by atoms with Crippen molar-refractivity contribution in [2.75, 3.05) is 7.05 Å². The molecule has 0 saturated carbocycles. The number of aliphatic hydroxyl groups is 1. The zero-order valence-corrected chi connectivity index (χ0v) is 13.9. The van der Waals surface area contributed by atoms with Gasteiger partial charge in [-0.2, -0.15) is 0 Å². The highest BCUT2D eigenvalue weighted by Gasteiger charge is 2.33. The maximum Gasteiger partial charge on any atom is 0.254 e. The molecule has 0 aromatic heterocycles. The molecule has 0 aliphatic carbocycles. The molecule has 0 fully saturated rings. The number of rotatable bonds is 3. The number of allylic oxidation sites excluding steroid dienone is 1. The largest absolute Gasteiger partial charge is 0.379 e. The van der Waals surface area contributed by atoms with Crippen molar-refractivity contribution in [1.82, 2.24) is 4.90 Å². The zero-order chi connectivity index (χ0) is 16.9. The number of nitrogens with zero attached hydrogens (tertiary/aromatic N) is 2. The minimum atomic E-state index is -1.06. The number of carbonyl (C=O) groups excluding carboxylic acids is 1. The minimum absolute atomic E-state index is 0.0755. The molecule has 0 radical (unpaired) electrons. The van der Waals surface area contributed by atoms with Crippen LogP contribution in [-0.4, -0.2) is 29.2 Å². The van der Waals surface area contributed by atoms with Crippen LogP contribution < -0.4 is 0 Å². The Hall–Kier alpha value is -2.46. The lowest BCUT2D eigenvalue weighted by molar-refractivity contribution is 0.0711. The summed E-state index contributed by atoms with van der Waals surface area (Å²) < 4.78 is 0. The molecule has 2 aromatic rings. The molecule has 1 unspecified atom stereocenters. The van der Waals surface area contributed by atoms with E-state index in [0.29, 0.717) is 13.0 Å². The van der Waals surface area contributed by atoms with Gasteiger partial charge in [-0.1, -0.05) is 31.2 Å². The molecular formula is C20H20N2O2. The van der Waals surface area contributed by atoms with Gasteiger partial charge in [-0.15, -0.1) is 0 Å². The molecule has 122 valence electrons. The second-order valence-corrected chi connectivity index (χ2v) is 6.54. The monoisotopic (exact) mass is 320 g/mol. The van der Waals surface area contributed by atoms with E-state index in [1.807, 2.05) is 56.6 Å². The van der Waals surface area contributed by atoms with E-state index in [0.717, 1.165) is 39.6 Å². The first-order valence-corrected chi connectivity index (χ1v) is 8.31. The summed E-state index contributed by atoms with van der Waals surface area (Å²) in [6.45, 7) is 2.60.